The number of rotatable bonds is 5. The van der Waals surface area contributed by atoms with Gasteiger partial charge in [-0.1, -0.05) is 47.7 Å². The minimum Gasteiger partial charge on any atom is -0.365 e. The van der Waals surface area contributed by atoms with Gasteiger partial charge in [-0.3, -0.25) is 0 Å². The fraction of sp³-hybridized carbons (Fsp3) is 0.118. The zero-order chi connectivity index (χ0) is 18.9. The summed E-state index contributed by atoms with van der Waals surface area (Å²) in [6.45, 7) is 0. The van der Waals surface area contributed by atoms with Crippen LogP contribution >= 0.6 is 36.2 Å². The highest BCUT2D eigenvalue weighted by Gasteiger charge is 2.26. The summed E-state index contributed by atoms with van der Waals surface area (Å²) in [5.74, 6) is 0. The first-order valence-electron chi connectivity index (χ1n) is 7.51. The molecule has 0 saturated carbocycles. The number of sulfone groups is 2. The van der Waals surface area contributed by atoms with E-state index >= 15 is 0 Å². The Kier molecular flexibility index (Phi) is 8.04. The van der Waals surface area contributed by atoms with Crippen LogP contribution in [0, 0.1) is 0 Å². The van der Waals surface area contributed by atoms with Crippen LogP contribution in [0.5, 0.6) is 0 Å². The molecule has 0 aliphatic heterocycles. The number of benzene rings is 2. The molecule has 0 radical (unpaired) electrons. The molecule has 0 unspecified atom stereocenters. The minimum absolute atomic E-state index is 0. The van der Waals surface area contributed by atoms with Crippen molar-refractivity contribution in [1.82, 2.24) is 4.98 Å². The maximum atomic E-state index is 13.2. The molecule has 1 heterocycles. The molecule has 152 valence electrons. The molecule has 28 heavy (non-hydrogen) atoms. The van der Waals surface area contributed by atoms with Crippen LogP contribution in [-0.2, 0) is 19.7 Å². The van der Waals surface area contributed by atoms with Gasteiger partial charge in [-0.2, -0.15) is 0 Å². The lowest BCUT2D eigenvalue weighted by atomic mass is 10.1. The molecule has 1 N–H and O–H groups in total. The highest BCUT2D eigenvalue weighted by Crippen LogP contribution is 2.35. The van der Waals surface area contributed by atoms with Crippen LogP contribution in [0.25, 0.3) is 11.1 Å². The number of aromatic nitrogens is 1. The monoisotopic (exact) mass is 480 g/mol. The molecule has 1 aromatic heterocycles. The lowest BCUT2D eigenvalue weighted by Gasteiger charge is -2.11. The van der Waals surface area contributed by atoms with Gasteiger partial charge in [0.15, 0.2) is 15.0 Å². The number of nitrogens with zero attached hydrogens (tertiary/aromatic N) is 1. The van der Waals surface area contributed by atoms with Crippen LogP contribution < -0.4 is 5.32 Å². The highest BCUT2D eigenvalue weighted by atomic mass is 35.5. The number of nitrogens with one attached hydrogen (secondary N) is 1. The Labute approximate surface area is 180 Å². The predicted molar refractivity (Wildman–Crippen MR) is 117 cm³/mol. The molecule has 2 aromatic carbocycles. The van der Waals surface area contributed by atoms with Gasteiger partial charge in [-0.25, -0.2) is 21.8 Å². The lowest BCUT2D eigenvalue weighted by molar-refractivity contribution is 0.597. The SMILES string of the molecule is CNc1ncc(S(=O)(=O)c2cc(S(C)(=O)=O)ccc2-c2ccccc2)s1.Cl.Cl. The zero-order valence-corrected chi connectivity index (χ0v) is 18.9. The second-order valence-corrected chi connectivity index (χ2v) is 10.7. The Morgan fingerprint density at radius 2 is 1.61 bits per heavy atom. The number of hydrogen-bond donors (Lipinski definition) is 1. The molecule has 6 nitrogen and oxygen atoms in total. The summed E-state index contributed by atoms with van der Waals surface area (Å²) >= 11 is 0.992. The lowest BCUT2D eigenvalue weighted by Crippen LogP contribution is -2.05. The van der Waals surface area contributed by atoms with E-state index in [4.69, 9.17) is 0 Å². The van der Waals surface area contributed by atoms with Crippen molar-refractivity contribution in [3.63, 3.8) is 0 Å². The number of halogens is 2. The van der Waals surface area contributed by atoms with E-state index in [0.717, 1.165) is 17.6 Å². The summed E-state index contributed by atoms with van der Waals surface area (Å²) in [7, 11) is -5.85. The van der Waals surface area contributed by atoms with Gasteiger partial charge in [0, 0.05) is 18.9 Å². The summed E-state index contributed by atoms with van der Waals surface area (Å²) in [6, 6.07) is 13.1. The molecule has 0 aliphatic rings. The van der Waals surface area contributed by atoms with Crippen molar-refractivity contribution in [2.45, 2.75) is 14.0 Å². The van der Waals surface area contributed by atoms with E-state index in [9.17, 15) is 16.8 Å². The van der Waals surface area contributed by atoms with Gasteiger partial charge in [0.25, 0.3) is 0 Å². The van der Waals surface area contributed by atoms with Crippen LogP contribution in [0.4, 0.5) is 5.13 Å². The van der Waals surface area contributed by atoms with Crippen molar-refractivity contribution in [2.75, 3.05) is 18.6 Å². The van der Waals surface area contributed by atoms with Crippen LogP contribution in [0.15, 0.2) is 68.7 Å². The Balaban J connectivity index is 0.00000196. The standard InChI is InChI=1S/C17H16N2O4S3.2ClH/c1-18-17-19-11-16(24-17)26(22,23)15-10-13(25(2,20)21)8-9-14(15)12-6-4-3-5-7-12;;/h3-11H,1-2H3,(H,18,19);2*1H. The zero-order valence-electron chi connectivity index (χ0n) is 14.8. The van der Waals surface area contributed by atoms with E-state index in [-0.39, 0.29) is 38.8 Å². The smallest absolute Gasteiger partial charge is 0.218 e. The van der Waals surface area contributed by atoms with Crippen LogP contribution in [-0.4, -0.2) is 35.1 Å². The summed E-state index contributed by atoms with van der Waals surface area (Å²) in [5.41, 5.74) is 1.13. The molecule has 0 atom stereocenters. The fourth-order valence-corrected chi connectivity index (χ4v) is 5.76. The maximum absolute atomic E-state index is 13.2. The van der Waals surface area contributed by atoms with Gasteiger partial charge < -0.3 is 5.32 Å². The Hall–Kier alpha value is -1.65. The second kappa shape index (κ2) is 9.23. The number of thiazole rings is 1. The third kappa shape index (κ3) is 4.84. The van der Waals surface area contributed by atoms with E-state index in [1.165, 1.54) is 24.4 Å². The molecule has 11 heteroatoms. The van der Waals surface area contributed by atoms with Crippen LogP contribution in [0.2, 0.25) is 0 Å². The summed E-state index contributed by atoms with van der Waals surface area (Å²) in [6.07, 6.45) is 2.32. The summed E-state index contributed by atoms with van der Waals surface area (Å²) in [4.78, 5) is 3.91. The van der Waals surface area contributed by atoms with Gasteiger partial charge in [0.1, 0.15) is 4.21 Å². The number of anilines is 1. The molecule has 3 aromatic rings. The average molecular weight is 481 g/mol. The van der Waals surface area contributed by atoms with E-state index in [0.29, 0.717) is 16.3 Å². The predicted octanol–water partition coefficient (Wildman–Crippen LogP) is 3.93. The first-order chi connectivity index (χ1) is 12.2. The van der Waals surface area contributed by atoms with E-state index < -0.39 is 19.7 Å². The van der Waals surface area contributed by atoms with Crippen molar-refractivity contribution in [1.29, 1.82) is 0 Å². The fourth-order valence-electron chi connectivity index (χ4n) is 2.42. The molecule has 0 aliphatic carbocycles. The van der Waals surface area contributed by atoms with E-state index in [2.05, 4.69) is 10.3 Å². The van der Waals surface area contributed by atoms with Gasteiger partial charge in [0.05, 0.1) is 16.0 Å². The second-order valence-electron chi connectivity index (χ2n) is 5.53. The van der Waals surface area contributed by atoms with Crippen molar-refractivity contribution in [3.8, 4) is 11.1 Å². The van der Waals surface area contributed by atoms with Crippen LogP contribution in [0.1, 0.15) is 0 Å². The minimum atomic E-state index is -3.94. The first-order valence-corrected chi connectivity index (χ1v) is 11.7. The van der Waals surface area contributed by atoms with Crippen molar-refractivity contribution >= 4 is 61.0 Å². The highest BCUT2D eigenvalue weighted by molar-refractivity contribution is 7.94. The van der Waals surface area contributed by atoms with E-state index in [1.54, 1.807) is 31.3 Å². The molecule has 0 bridgehead atoms. The third-order valence-electron chi connectivity index (χ3n) is 3.72. The molecular formula is C17H18Cl2N2O4S3. The van der Waals surface area contributed by atoms with Crippen molar-refractivity contribution < 1.29 is 16.8 Å². The summed E-state index contributed by atoms with van der Waals surface area (Å²) in [5, 5.41) is 3.26. The Bertz CT molecular complexity index is 1160. The van der Waals surface area contributed by atoms with Gasteiger partial charge in [-0.05, 0) is 17.7 Å². The van der Waals surface area contributed by atoms with Crippen molar-refractivity contribution in [3.05, 3.63) is 54.7 Å². The third-order valence-corrected chi connectivity index (χ3v) is 8.10. The van der Waals surface area contributed by atoms with E-state index in [1.807, 2.05) is 6.07 Å². The van der Waals surface area contributed by atoms with Gasteiger partial charge in [0.2, 0.25) is 9.84 Å². The largest absolute Gasteiger partial charge is 0.365 e. The molecule has 3 rings (SSSR count). The van der Waals surface area contributed by atoms with Gasteiger partial charge in [-0.15, -0.1) is 24.8 Å². The average Bonchev–Trinajstić information content (AvgIpc) is 3.11. The quantitative estimate of drug-likeness (QED) is 0.594. The number of hydrogen-bond acceptors (Lipinski definition) is 7. The molecular weight excluding hydrogens is 463 g/mol. The first kappa shape index (κ1) is 24.4. The molecule has 0 spiro atoms. The molecule has 0 amide bonds. The molecule has 0 fully saturated rings. The van der Waals surface area contributed by atoms with Gasteiger partial charge >= 0.3 is 0 Å². The topological polar surface area (TPSA) is 93.2 Å². The normalized spacial score (nSPS) is 11.2. The Morgan fingerprint density at radius 3 is 2.14 bits per heavy atom. The van der Waals surface area contributed by atoms with Crippen molar-refractivity contribution in [2.24, 2.45) is 0 Å². The van der Waals surface area contributed by atoms with Crippen LogP contribution in [0.3, 0.4) is 0 Å². The summed E-state index contributed by atoms with van der Waals surface area (Å²) < 4.78 is 50.3. The molecule has 0 saturated heterocycles. The Morgan fingerprint density at radius 1 is 0.964 bits per heavy atom. The maximum Gasteiger partial charge on any atom is 0.218 e.